The number of fused-ring (bicyclic) bond motifs is 1. The third kappa shape index (κ3) is 5.60. The number of nitrogens with one attached hydrogen (secondary N) is 1. The monoisotopic (exact) mass is 493 g/mol. The summed E-state index contributed by atoms with van der Waals surface area (Å²) in [5, 5.41) is 14.4. The smallest absolute Gasteiger partial charge is 0.231 e. The van der Waals surface area contributed by atoms with Crippen LogP contribution in [0.3, 0.4) is 0 Å². The lowest BCUT2D eigenvalue weighted by Crippen LogP contribution is -2.51. The lowest BCUT2D eigenvalue weighted by atomic mass is 9.96. The fraction of sp³-hybridized carbons (Fsp3) is 0.542. The summed E-state index contributed by atoms with van der Waals surface area (Å²) in [5.74, 6) is 1.02. The molecule has 1 aliphatic carbocycles. The Morgan fingerprint density at radius 3 is 2.48 bits per heavy atom. The normalized spacial score (nSPS) is 21.0. The number of carbonyl (C=O) groups is 1. The molecule has 2 aromatic rings. The molecule has 0 radical (unpaired) electrons. The minimum Gasteiger partial charge on any atom is -0.387 e. The van der Waals surface area contributed by atoms with Crippen molar-refractivity contribution in [1.29, 1.82) is 0 Å². The van der Waals surface area contributed by atoms with Crippen LogP contribution in [0.5, 0.6) is 0 Å². The summed E-state index contributed by atoms with van der Waals surface area (Å²) < 4.78 is 0. The van der Waals surface area contributed by atoms with E-state index in [1.165, 1.54) is 0 Å². The Morgan fingerprint density at radius 2 is 1.85 bits per heavy atom. The largest absolute Gasteiger partial charge is 0.387 e. The predicted molar refractivity (Wildman–Crippen MR) is 133 cm³/mol. The van der Waals surface area contributed by atoms with Gasteiger partial charge in [0.15, 0.2) is 0 Å². The molecule has 180 valence electrons. The Kier molecular flexibility index (Phi) is 8.56. The number of benzene rings is 1. The van der Waals surface area contributed by atoms with Crippen molar-refractivity contribution in [1.82, 2.24) is 20.2 Å². The molecule has 2 N–H and O–H groups in total. The Balaban J connectivity index is 0.00000306. The summed E-state index contributed by atoms with van der Waals surface area (Å²) >= 11 is 6.06. The average molecular weight is 494 g/mol. The number of nitrogens with zero attached hydrogens (tertiary/aromatic N) is 4. The summed E-state index contributed by atoms with van der Waals surface area (Å²) in [4.78, 5) is 26.5. The quantitative estimate of drug-likeness (QED) is 0.640. The lowest BCUT2D eigenvalue weighted by Gasteiger charge is -2.38. The van der Waals surface area contributed by atoms with E-state index >= 15 is 0 Å². The summed E-state index contributed by atoms with van der Waals surface area (Å²) in [6.45, 7) is 9.57. The van der Waals surface area contributed by atoms with Gasteiger partial charge < -0.3 is 20.2 Å². The minimum atomic E-state index is -0.516. The summed E-state index contributed by atoms with van der Waals surface area (Å²) in [5.41, 5.74) is 2.79. The zero-order valence-corrected chi connectivity index (χ0v) is 20.9. The van der Waals surface area contributed by atoms with Gasteiger partial charge in [-0.05, 0) is 30.0 Å². The number of anilines is 1. The van der Waals surface area contributed by atoms with Gasteiger partial charge in [-0.1, -0.05) is 44.5 Å². The number of halogens is 2. The number of hydrogen-bond acceptors (Lipinski definition) is 6. The number of aromatic nitrogens is 2. The van der Waals surface area contributed by atoms with Crippen LogP contribution in [0.2, 0.25) is 5.02 Å². The Bertz CT molecular complexity index is 948. The summed E-state index contributed by atoms with van der Waals surface area (Å²) in [6.07, 6.45) is 1.71. The van der Waals surface area contributed by atoms with Gasteiger partial charge in [0.1, 0.15) is 12.1 Å². The van der Waals surface area contributed by atoms with Crippen molar-refractivity contribution in [2.24, 2.45) is 0 Å². The third-order valence-electron chi connectivity index (χ3n) is 6.47. The highest BCUT2D eigenvalue weighted by Gasteiger charge is 2.35. The van der Waals surface area contributed by atoms with E-state index in [1.54, 1.807) is 6.33 Å². The highest BCUT2D eigenvalue weighted by Crippen LogP contribution is 2.42. The van der Waals surface area contributed by atoms with Crippen LogP contribution in [0, 0.1) is 0 Å². The molecule has 4 rings (SSSR count). The van der Waals surface area contributed by atoms with Gasteiger partial charge >= 0.3 is 0 Å². The van der Waals surface area contributed by atoms with Crippen LogP contribution in [0.4, 0.5) is 5.82 Å². The first-order chi connectivity index (χ1) is 15.3. The van der Waals surface area contributed by atoms with E-state index in [1.807, 2.05) is 29.2 Å². The maximum absolute atomic E-state index is 13.5. The molecular formula is C24H33Cl2N5O2. The van der Waals surface area contributed by atoms with Gasteiger partial charge in [-0.3, -0.25) is 4.79 Å². The van der Waals surface area contributed by atoms with Crippen molar-refractivity contribution in [3.05, 3.63) is 52.4 Å². The Morgan fingerprint density at radius 1 is 1.18 bits per heavy atom. The molecule has 1 aromatic carbocycles. The van der Waals surface area contributed by atoms with E-state index < -0.39 is 6.10 Å². The molecule has 0 bridgehead atoms. The molecule has 1 saturated heterocycles. The van der Waals surface area contributed by atoms with Crippen molar-refractivity contribution in [2.45, 2.75) is 51.2 Å². The van der Waals surface area contributed by atoms with E-state index in [2.05, 4.69) is 41.0 Å². The Hall–Kier alpha value is -1.93. The second-order valence-electron chi connectivity index (χ2n) is 9.13. The fourth-order valence-electron chi connectivity index (χ4n) is 4.71. The molecule has 33 heavy (non-hydrogen) atoms. The second kappa shape index (κ2) is 11.0. The summed E-state index contributed by atoms with van der Waals surface area (Å²) in [6, 6.07) is 7.87. The second-order valence-corrected chi connectivity index (χ2v) is 9.56. The van der Waals surface area contributed by atoms with Crippen LogP contribution < -0.4 is 10.2 Å². The maximum atomic E-state index is 13.5. The zero-order chi connectivity index (χ0) is 22.8. The highest BCUT2D eigenvalue weighted by atomic mass is 35.5. The topological polar surface area (TPSA) is 81.6 Å². The first-order valence-electron chi connectivity index (χ1n) is 11.4. The molecule has 1 aromatic heterocycles. The Labute approximate surface area is 207 Å². The molecule has 2 heterocycles. The van der Waals surface area contributed by atoms with E-state index in [0.717, 1.165) is 22.6 Å². The van der Waals surface area contributed by atoms with Crippen LogP contribution >= 0.6 is 24.0 Å². The lowest BCUT2D eigenvalue weighted by molar-refractivity contribution is -0.133. The first kappa shape index (κ1) is 25.7. The molecule has 0 saturated carbocycles. The number of aliphatic hydroxyl groups excluding tert-OH is 1. The van der Waals surface area contributed by atoms with Gasteiger partial charge in [-0.2, -0.15) is 0 Å². The number of aliphatic hydroxyl groups is 1. The van der Waals surface area contributed by atoms with Gasteiger partial charge in [0, 0.05) is 49.4 Å². The predicted octanol–water partition coefficient (Wildman–Crippen LogP) is 3.52. The SMILES string of the molecule is CC(C)NC[C@@H](C(=O)N1CCN(c2ncnc3c2C(C)C[C@H]3O)CC1)c1ccc(Cl)cc1.Cl. The number of rotatable bonds is 6. The van der Waals surface area contributed by atoms with Gasteiger partial charge in [-0.25, -0.2) is 9.97 Å². The molecule has 1 amide bonds. The number of carbonyl (C=O) groups excluding carboxylic acids is 1. The minimum absolute atomic E-state index is 0. The van der Waals surface area contributed by atoms with Gasteiger partial charge in [0.25, 0.3) is 0 Å². The molecular weight excluding hydrogens is 461 g/mol. The van der Waals surface area contributed by atoms with Crippen molar-refractivity contribution in [3.63, 3.8) is 0 Å². The third-order valence-corrected chi connectivity index (χ3v) is 6.72. The zero-order valence-electron chi connectivity index (χ0n) is 19.4. The molecule has 9 heteroatoms. The fourth-order valence-corrected chi connectivity index (χ4v) is 4.84. The van der Waals surface area contributed by atoms with Crippen molar-refractivity contribution < 1.29 is 9.90 Å². The van der Waals surface area contributed by atoms with Crippen molar-refractivity contribution >= 4 is 35.7 Å². The van der Waals surface area contributed by atoms with Crippen molar-refractivity contribution in [3.8, 4) is 0 Å². The average Bonchev–Trinajstić information content (AvgIpc) is 3.08. The van der Waals surface area contributed by atoms with Crippen LogP contribution in [0.25, 0.3) is 0 Å². The van der Waals surface area contributed by atoms with Crippen molar-refractivity contribution in [2.75, 3.05) is 37.6 Å². The molecule has 3 atom stereocenters. The highest BCUT2D eigenvalue weighted by molar-refractivity contribution is 6.30. The van der Waals surface area contributed by atoms with Crippen LogP contribution in [0.1, 0.15) is 62.0 Å². The number of amides is 1. The first-order valence-corrected chi connectivity index (χ1v) is 11.8. The number of piperazine rings is 1. The number of hydrogen-bond donors (Lipinski definition) is 2. The standard InChI is InChI=1S/C24H32ClN5O2.ClH/c1-15(2)26-13-19(17-4-6-18(25)7-5-17)24(32)30-10-8-29(9-11-30)23-21-16(3)12-20(31)22(21)27-14-28-23;/h4-7,14-16,19-20,26,31H,8-13H2,1-3H3;1H/t16?,19-,20-;/m1./s1. The summed E-state index contributed by atoms with van der Waals surface area (Å²) in [7, 11) is 0. The van der Waals surface area contributed by atoms with E-state index in [-0.39, 0.29) is 30.2 Å². The molecule has 0 spiro atoms. The van der Waals surface area contributed by atoms with E-state index in [0.29, 0.717) is 50.2 Å². The molecule has 1 fully saturated rings. The van der Waals surface area contributed by atoms with E-state index in [4.69, 9.17) is 11.6 Å². The molecule has 1 unspecified atom stereocenters. The van der Waals surface area contributed by atoms with E-state index in [9.17, 15) is 9.90 Å². The molecule has 2 aliphatic rings. The van der Waals surface area contributed by atoms with Gasteiger partial charge in [0.05, 0.1) is 17.7 Å². The maximum Gasteiger partial charge on any atom is 0.231 e. The van der Waals surface area contributed by atoms with Crippen LogP contribution in [-0.2, 0) is 4.79 Å². The molecule has 7 nitrogen and oxygen atoms in total. The van der Waals surface area contributed by atoms with Gasteiger partial charge in [-0.15, -0.1) is 12.4 Å². The molecule has 1 aliphatic heterocycles. The van der Waals surface area contributed by atoms with Crippen LogP contribution in [0.15, 0.2) is 30.6 Å². The van der Waals surface area contributed by atoms with Crippen LogP contribution in [-0.4, -0.2) is 64.6 Å². The van der Waals surface area contributed by atoms with Gasteiger partial charge in [0.2, 0.25) is 5.91 Å².